The zero-order valence-corrected chi connectivity index (χ0v) is 10.9. The fourth-order valence-electron chi connectivity index (χ4n) is 1.80. The van der Waals surface area contributed by atoms with Gasteiger partial charge in [-0.2, -0.15) is 0 Å². The number of furan rings is 2. The molecule has 106 valence electrons. The highest BCUT2D eigenvalue weighted by Gasteiger charge is 2.13. The highest BCUT2D eigenvalue weighted by Crippen LogP contribution is 2.18. The zero-order chi connectivity index (χ0) is 14.7. The van der Waals surface area contributed by atoms with Crippen LogP contribution in [0.3, 0.4) is 0 Å². The van der Waals surface area contributed by atoms with Crippen LogP contribution < -0.4 is 11.1 Å². The molecule has 0 aliphatic carbocycles. The first-order valence-electron chi connectivity index (χ1n) is 6.21. The van der Waals surface area contributed by atoms with Gasteiger partial charge in [-0.25, -0.2) is 9.97 Å². The van der Waals surface area contributed by atoms with Gasteiger partial charge in [0.1, 0.15) is 17.1 Å². The minimum Gasteiger partial charge on any atom is -0.467 e. The van der Waals surface area contributed by atoms with Crippen molar-refractivity contribution in [3.8, 4) is 11.5 Å². The Balaban J connectivity index is 1.79. The molecule has 0 saturated heterocycles. The first kappa shape index (κ1) is 12.9. The van der Waals surface area contributed by atoms with Crippen molar-refractivity contribution < 1.29 is 13.6 Å². The number of hydrogen-bond acceptors (Lipinski definition) is 6. The van der Waals surface area contributed by atoms with Crippen molar-refractivity contribution in [2.75, 3.05) is 5.73 Å². The minimum absolute atomic E-state index is 0.00653. The van der Waals surface area contributed by atoms with E-state index in [-0.39, 0.29) is 24.1 Å². The summed E-state index contributed by atoms with van der Waals surface area (Å²) in [6.45, 7) is 0.270. The fourth-order valence-corrected chi connectivity index (χ4v) is 1.80. The van der Waals surface area contributed by atoms with E-state index in [2.05, 4.69) is 15.3 Å². The van der Waals surface area contributed by atoms with Gasteiger partial charge in [-0.05, 0) is 30.3 Å². The number of nitrogens with zero attached hydrogens (tertiary/aromatic N) is 2. The largest absolute Gasteiger partial charge is 0.467 e. The number of carbonyl (C=O) groups excluding carboxylic acids is 1. The van der Waals surface area contributed by atoms with E-state index >= 15 is 0 Å². The molecule has 1 amide bonds. The average molecular weight is 284 g/mol. The van der Waals surface area contributed by atoms with E-state index in [0.717, 1.165) is 0 Å². The van der Waals surface area contributed by atoms with Crippen molar-refractivity contribution in [2.24, 2.45) is 0 Å². The number of amides is 1. The standard InChI is InChI=1S/C14H12N4O3/c15-14-17-10(12-4-2-6-21-12)7-11(18-14)13(19)16-8-9-3-1-5-20-9/h1-7H,8H2,(H,16,19)(H2,15,17,18). The molecule has 0 aromatic carbocycles. The van der Waals surface area contributed by atoms with Gasteiger partial charge in [0, 0.05) is 0 Å². The summed E-state index contributed by atoms with van der Waals surface area (Å²) in [6.07, 6.45) is 3.06. The Morgan fingerprint density at radius 3 is 2.71 bits per heavy atom. The van der Waals surface area contributed by atoms with Crippen LogP contribution in [0.4, 0.5) is 5.95 Å². The van der Waals surface area contributed by atoms with Crippen molar-refractivity contribution in [1.82, 2.24) is 15.3 Å². The van der Waals surface area contributed by atoms with E-state index < -0.39 is 0 Å². The molecule has 0 fully saturated rings. The Labute approximate surface area is 119 Å². The maximum atomic E-state index is 12.1. The molecule has 0 aliphatic heterocycles. The van der Waals surface area contributed by atoms with E-state index in [4.69, 9.17) is 14.6 Å². The molecule has 0 saturated carbocycles. The summed E-state index contributed by atoms with van der Waals surface area (Å²) in [5.41, 5.74) is 6.25. The number of hydrogen-bond donors (Lipinski definition) is 2. The topological polar surface area (TPSA) is 107 Å². The number of nitrogens with two attached hydrogens (primary N) is 1. The molecule has 0 bridgehead atoms. The summed E-state index contributed by atoms with van der Waals surface area (Å²) in [4.78, 5) is 20.1. The Bertz CT molecular complexity index is 736. The van der Waals surface area contributed by atoms with Crippen LogP contribution in [0.5, 0.6) is 0 Å². The van der Waals surface area contributed by atoms with E-state index in [1.54, 1.807) is 30.5 Å². The van der Waals surface area contributed by atoms with E-state index in [1.165, 1.54) is 12.3 Å². The Morgan fingerprint density at radius 1 is 1.19 bits per heavy atom. The lowest BCUT2D eigenvalue weighted by Crippen LogP contribution is -2.24. The molecule has 3 heterocycles. The SMILES string of the molecule is Nc1nc(C(=O)NCc2ccco2)cc(-c2ccco2)n1. The molecule has 0 spiro atoms. The van der Waals surface area contributed by atoms with Crippen LogP contribution in [0.2, 0.25) is 0 Å². The summed E-state index contributed by atoms with van der Waals surface area (Å²) < 4.78 is 10.4. The van der Waals surface area contributed by atoms with E-state index in [9.17, 15) is 4.79 Å². The summed E-state index contributed by atoms with van der Waals surface area (Å²) in [7, 11) is 0. The lowest BCUT2D eigenvalue weighted by Gasteiger charge is -2.05. The molecule has 0 atom stereocenters. The second-order valence-electron chi connectivity index (χ2n) is 4.24. The molecule has 3 aromatic heterocycles. The third kappa shape index (κ3) is 2.92. The third-order valence-electron chi connectivity index (χ3n) is 2.75. The van der Waals surface area contributed by atoms with Crippen molar-refractivity contribution in [3.63, 3.8) is 0 Å². The lowest BCUT2D eigenvalue weighted by atomic mass is 10.2. The second kappa shape index (κ2) is 5.49. The highest BCUT2D eigenvalue weighted by molar-refractivity contribution is 5.93. The van der Waals surface area contributed by atoms with Gasteiger partial charge in [0.05, 0.1) is 19.1 Å². The number of anilines is 1. The number of aromatic nitrogens is 2. The first-order valence-corrected chi connectivity index (χ1v) is 6.21. The molecule has 0 aliphatic rings. The molecule has 7 nitrogen and oxygen atoms in total. The molecule has 0 radical (unpaired) electrons. The normalized spacial score (nSPS) is 10.5. The van der Waals surface area contributed by atoms with Gasteiger partial charge in [-0.15, -0.1) is 0 Å². The van der Waals surface area contributed by atoms with Crippen LogP contribution >= 0.6 is 0 Å². The lowest BCUT2D eigenvalue weighted by molar-refractivity contribution is 0.0943. The van der Waals surface area contributed by atoms with Crippen LogP contribution in [0.15, 0.2) is 51.7 Å². The van der Waals surface area contributed by atoms with Gasteiger partial charge in [0.2, 0.25) is 5.95 Å². The van der Waals surface area contributed by atoms with Crippen LogP contribution in [0.1, 0.15) is 16.2 Å². The molecule has 7 heteroatoms. The second-order valence-corrected chi connectivity index (χ2v) is 4.24. The van der Waals surface area contributed by atoms with Gasteiger partial charge >= 0.3 is 0 Å². The maximum absolute atomic E-state index is 12.1. The van der Waals surface area contributed by atoms with Crippen molar-refractivity contribution in [2.45, 2.75) is 6.54 Å². The predicted octanol–water partition coefficient (Wildman–Crippen LogP) is 1.84. The van der Waals surface area contributed by atoms with Gasteiger partial charge < -0.3 is 19.9 Å². The zero-order valence-electron chi connectivity index (χ0n) is 10.9. The Kier molecular flexibility index (Phi) is 3.38. The third-order valence-corrected chi connectivity index (χ3v) is 2.75. The quantitative estimate of drug-likeness (QED) is 0.757. The van der Waals surface area contributed by atoms with Crippen molar-refractivity contribution in [1.29, 1.82) is 0 Å². The molecular formula is C14H12N4O3. The van der Waals surface area contributed by atoms with Crippen LogP contribution in [0.25, 0.3) is 11.5 Å². The molecule has 3 aromatic rings. The molecule has 0 unspecified atom stereocenters. The maximum Gasteiger partial charge on any atom is 0.270 e. The smallest absolute Gasteiger partial charge is 0.270 e. The average Bonchev–Trinajstić information content (AvgIpc) is 3.17. The Morgan fingerprint density at radius 2 is 2.00 bits per heavy atom. The first-order chi connectivity index (χ1) is 10.2. The minimum atomic E-state index is -0.367. The van der Waals surface area contributed by atoms with Crippen LogP contribution in [-0.2, 0) is 6.54 Å². The highest BCUT2D eigenvalue weighted by atomic mass is 16.3. The van der Waals surface area contributed by atoms with Gasteiger partial charge in [-0.1, -0.05) is 0 Å². The Hall–Kier alpha value is -3.09. The van der Waals surface area contributed by atoms with E-state index in [0.29, 0.717) is 17.2 Å². The molecule has 21 heavy (non-hydrogen) atoms. The van der Waals surface area contributed by atoms with Crippen molar-refractivity contribution >= 4 is 11.9 Å². The fraction of sp³-hybridized carbons (Fsp3) is 0.0714. The van der Waals surface area contributed by atoms with Gasteiger partial charge in [-0.3, -0.25) is 4.79 Å². The van der Waals surface area contributed by atoms with Crippen molar-refractivity contribution in [3.05, 3.63) is 54.3 Å². The molecular weight excluding hydrogens is 272 g/mol. The van der Waals surface area contributed by atoms with Gasteiger partial charge in [0.25, 0.3) is 5.91 Å². The summed E-state index contributed by atoms with van der Waals surface area (Å²) >= 11 is 0. The predicted molar refractivity (Wildman–Crippen MR) is 74.0 cm³/mol. The number of nitrogen functional groups attached to an aromatic ring is 1. The monoisotopic (exact) mass is 284 g/mol. The summed E-state index contributed by atoms with van der Waals surface area (Å²) in [6, 6.07) is 8.49. The molecule has 3 N–H and O–H groups in total. The number of carbonyl (C=O) groups is 1. The van der Waals surface area contributed by atoms with Crippen LogP contribution in [0, 0.1) is 0 Å². The van der Waals surface area contributed by atoms with Crippen LogP contribution in [-0.4, -0.2) is 15.9 Å². The summed E-state index contributed by atoms with van der Waals surface area (Å²) in [5, 5.41) is 2.69. The summed E-state index contributed by atoms with van der Waals surface area (Å²) in [5.74, 6) is 0.807. The number of rotatable bonds is 4. The molecule has 3 rings (SSSR count). The number of nitrogens with one attached hydrogen (secondary N) is 1. The van der Waals surface area contributed by atoms with Gasteiger partial charge in [0.15, 0.2) is 5.76 Å². The van der Waals surface area contributed by atoms with E-state index in [1.807, 2.05) is 0 Å².